The molecule has 0 aliphatic carbocycles. The van der Waals surface area contributed by atoms with Crippen LogP contribution in [0.15, 0.2) is 96.1 Å². The Kier molecular flexibility index (Phi) is 10.1. The predicted molar refractivity (Wildman–Crippen MR) is 155 cm³/mol. The second-order valence-electron chi connectivity index (χ2n) is 9.97. The molecule has 7 heteroatoms. The predicted octanol–water partition coefficient (Wildman–Crippen LogP) is 5.24. The lowest BCUT2D eigenvalue weighted by Crippen LogP contribution is -2.48. The van der Waals surface area contributed by atoms with Crippen LogP contribution in [0, 0.1) is 11.8 Å². The molecule has 2 atom stereocenters. The number of aryl methyl sites for hydroxylation is 1. The van der Waals surface area contributed by atoms with Gasteiger partial charge in [0.2, 0.25) is 0 Å². The number of hydrogen-bond donors (Lipinski definition) is 0. The van der Waals surface area contributed by atoms with Crippen molar-refractivity contribution >= 4 is 18.2 Å². The van der Waals surface area contributed by atoms with Crippen LogP contribution in [0.25, 0.3) is 0 Å². The van der Waals surface area contributed by atoms with Crippen molar-refractivity contribution in [3.63, 3.8) is 0 Å². The van der Waals surface area contributed by atoms with Gasteiger partial charge in [0.1, 0.15) is 5.60 Å². The Bertz CT molecular complexity index is 1190. The Morgan fingerprint density at radius 3 is 1.90 bits per heavy atom. The minimum Gasteiger partial charge on any atom is -0.468 e. The third-order valence-electron chi connectivity index (χ3n) is 7.78. The highest BCUT2D eigenvalue weighted by Gasteiger charge is 2.47. The first-order valence-corrected chi connectivity index (χ1v) is 13.7. The number of benzene rings is 3. The van der Waals surface area contributed by atoms with Gasteiger partial charge in [0.15, 0.2) is 5.92 Å². The van der Waals surface area contributed by atoms with Crippen molar-refractivity contribution in [3.8, 4) is 0 Å². The van der Waals surface area contributed by atoms with E-state index in [4.69, 9.17) is 19.3 Å². The van der Waals surface area contributed by atoms with Crippen LogP contribution in [0.1, 0.15) is 36.0 Å². The third-order valence-corrected chi connectivity index (χ3v) is 7.78. The first-order valence-electron chi connectivity index (χ1n) is 13.7. The Hall–Kier alpha value is -3.97. The highest BCUT2D eigenvalue weighted by molar-refractivity contribution is 5.97. The van der Waals surface area contributed by atoms with Crippen LogP contribution in [0.2, 0.25) is 0 Å². The molecule has 3 aromatic carbocycles. The average Bonchev–Trinajstić information content (AvgIpc) is 3.49. The molecule has 0 spiro atoms. The molecule has 1 fully saturated rings. The quantitative estimate of drug-likeness (QED) is 0.177. The van der Waals surface area contributed by atoms with Crippen molar-refractivity contribution in [2.45, 2.75) is 37.3 Å². The van der Waals surface area contributed by atoms with Gasteiger partial charge in [-0.25, -0.2) is 0 Å². The zero-order chi connectivity index (χ0) is 28.4. The molecule has 0 bridgehead atoms. The summed E-state index contributed by atoms with van der Waals surface area (Å²) in [6, 6.07) is 30.3. The van der Waals surface area contributed by atoms with E-state index in [1.165, 1.54) is 14.2 Å². The molecule has 0 aromatic heterocycles. The first-order chi connectivity index (χ1) is 19.5. The standard InChI is InChI=1S/C33H38N2O5/c1-38-31(36)30(32(37)39-2)26(22-21-25-14-7-4-8-15-25)24-34-35-23-13-20-29(35)33(40-3,27-16-9-5-10-17-27)28-18-11-6-12-19-28/h4-12,14-19,24,26,29-30H,13,20-23H2,1-3H3/b34-24+/t26-,29-/m0/s1. The van der Waals surface area contributed by atoms with Gasteiger partial charge in [-0.2, -0.15) is 5.10 Å². The molecule has 0 radical (unpaired) electrons. The molecule has 0 N–H and O–H groups in total. The molecule has 1 aliphatic rings. The third kappa shape index (κ3) is 6.26. The minimum absolute atomic E-state index is 0.108. The summed E-state index contributed by atoms with van der Waals surface area (Å²) in [7, 11) is 4.31. The zero-order valence-corrected chi connectivity index (χ0v) is 23.4. The Morgan fingerprint density at radius 2 is 1.40 bits per heavy atom. The molecule has 0 unspecified atom stereocenters. The Morgan fingerprint density at radius 1 is 0.875 bits per heavy atom. The van der Waals surface area contributed by atoms with Crippen molar-refractivity contribution in [1.82, 2.24) is 5.01 Å². The number of methoxy groups -OCH3 is 3. The fourth-order valence-corrected chi connectivity index (χ4v) is 5.77. The molecule has 1 aliphatic heterocycles. The number of ether oxygens (including phenoxy) is 3. The molecule has 40 heavy (non-hydrogen) atoms. The number of hydrogen-bond acceptors (Lipinski definition) is 7. The molecule has 0 amide bonds. The SMILES string of the molecule is COC(=O)C(C(=O)OC)[C@H](/C=N/N1CCC[C@H]1C(OC)(c1ccccc1)c1ccccc1)CCc1ccccc1. The minimum atomic E-state index is -1.11. The van der Waals surface area contributed by atoms with E-state index < -0.39 is 29.4 Å². The number of rotatable bonds is 12. The van der Waals surface area contributed by atoms with Crippen molar-refractivity contribution in [2.75, 3.05) is 27.9 Å². The van der Waals surface area contributed by atoms with Gasteiger partial charge < -0.3 is 14.2 Å². The Balaban J connectivity index is 1.70. The summed E-state index contributed by atoms with van der Waals surface area (Å²) in [5.41, 5.74) is 2.43. The van der Waals surface area contributed by atoms with E-state index in [0.29, 0.717) is 12.8 Å². The molecule has 0 saturated carbocycles. The highest BCUT2D eigenvalue weighted by atomic mass is 16.5. The Labute approximate surface area is 236 Å². The summed E-state index contributed by atoms with van der Waals surface area (Å²) in [4.78, 5) is 25.6. The molecule has 210 valence electrons. The number of carbonyl (C=O) groups excluding carboxylic acids is 2. The highest BCUT2D eigenvalue weighted by Crippen LogP contribution is 2.43. The fourth-order valence-electron chi connectivity index (χ4n) is 5.77. The van der Waals surface area contributed by atoms with Crippen LogP contribution in [-0.4, -0.2) is 57.1 Å². The van der Waals surface area contributed by atoms with Crippen LogP contribution in [-0.2, 0) is 35.8 Å². The number of carbonyl (C=O) groups is 2. The van der Waals surface area contributed by atoms with E-state index in [-0.39, 0.29) is 6.04 Å². The van der Waals surface area contributed by atoms with Gasteiger partial charge in [-0.15, -0.1) is 0 Å². The second kappa shape index (κ2) is 13.9. The summed E-state index contributed by atoms with van der Waals surface area (Å²) in [6.45, 7) is 0.721. The van der Waals surface area contributed by atoms with Crippen LogP contribution in [0.3, 0.4) is 0 Å². The number of hydrazone groups is 1. The van der Waals surface area contributed by atoms with Gasteiger partial charge in [0.25, 0.3) is 0 Å². The summed E-state index contributed by atoms with van der Waals surface area (Å²) >= 11 is 0. The molecule has 1 heterocycles. The van der Waals surface area contributed by atoms with Crippen LogP contribution >= 0.6 is 0 Å². The molecule has 4 rings (SSSR count). The lowest BCUT2D eigenvalue weighted by atomic mass is 9.79. The topological polar surface area (TPSA) is 77.4 Å². The van der Waals surface area contributed by atoms with Crippen molar-refractivity contribution in [1.29, 1.82) is 0 Å². The molecule has 1 saturated heterocycles. The normalized spacial score (nSPS) is 16.3. The lowest BCUT2D eigenvalue weighted by Gasteiger charge is -2.42. The van der Waals surface area contributed by atoms with E-state index in [9.17, 15) is 9.59 Å². The second-order valence-corrected chi connectivity index (χ2v) is 9.97. The van der Waals surface area contributed by atoms with Gasteiger partial charge in [0.05, 0.1) is 20.3 Å². The van der Waals surface area contributed by atoms with Crippen molar-refractivity contribution < 1.29 is 23.8 Å². The van der Waals surface area contributed by atoms with Crippen LogP contribution in [0.5, 0.6) is 0 Å². The largest absolute Gasteiger partial charge is 0.468 e. The van der Waals surface area contributed by atoms with Crippen LogP contribution < -0.4 is 0 Å². The van der Waals surface area contributed by atoms with Gasteiger partial charge in [0, 0.05) is 25.8 Å². The van der Waals surface area contributed by atoms with E-state index in [1.807, 2.05) is 71.7 Å². The summed E-state index contributed by atoms with van der Waals surface area (Å²) in [6.07, 6.45) is 4.71. The van der Waals surface area contributed by atoms with Crippen molar-refractivity contribution in [2.24, 2.45) is 16.9 Å². The smallest absolute Gasteiger partial charge is 0.320 e. The maximum atomic E-state index is 12.8. The molecular formula is C33H38N2O5. The molecule has 7 nitrogen and oxygen atoms in total. The first kappa shape index (κ1) is 29.0. The zero-order valence-electron chi connectivity index (χ0n) is 23.4. The average molecular weight is 543 g/mol. The maximum Gasteiger partial charge on any atom is 0.320 e. The van der Waals surface area contributed by atoms with Gasteiger partial charge >= 0.3 is 11.9 Å². The molecular weight excluding hydrogens is 504 g/mol. The summed E-state index contributed by atoms with van der Waals surface area (Å²) in [5, 5.41) is 7.00. The molecule has 3 aromatic rings. The van der Waals surface area contributed by atoms with E-state index in [2.05, 4.69) is 24.3 Å². The van der Waals surface area contributed by atoms with Gasteiger partial charge in [-0.3, -0.25) is 14.6 Å². The maximum absolute atomic E-state index is 12.8. The summed E-state index contributed by atoms with van der Waals surface area (Å²) < 4.78 is 16.5. The number of esters is 2. The monoisotopic (exact) mass is 542 g/mol. The van der Waals surface area contributed by atoms with Crippen molar-refractivity contribution in [3.05, 3.63) is 108 Å². The van der Waals surface area contributed by atoms with E-state index in [0.717, 1.165) is 36.1 Å². The number of nitrogens with zero attached hydrogens (tertiary/aromatic N) is 2. The van der Waals surface area contributed by atoms with E-state index >= 15 is 0 Å². The van der Waals surface area contributed by atoms with E-state index in [1.54, 1.807) is 13.3 Å². The van der Waals surface area contributed by atoms with Crippen LogP contribution in [0.4, 0.5) is 0 Å². The lowest BCUT2D eigenvalue weighted by molar-refractivity contribution is -0.160. The van der Waals surface area contributed by atoms with Gasteiger partial charge in [-0.1, -0.05) is 91.0 Å². The fraction of sp³-hybridized carbons (Fsp3) is 0.364. The van der Waals surface area contributed by atoms with Gasteiger partial charge in [-0.05, 0) is 42.4 Å². The summed E-state index contributed by atoms with van der Waals surface area (Å²) in [5.74, 6) is -2.89.